The van der Waals surface area contributed by atoms with Gasteiger partial charge in [-0.05, 0) is 62.2 Å². The molecule has 0 bridgehead atoms. The molecular weight excluding hydrogens is 681 g/mol. The number of hydrogen-bond donors (Lipinski definition) is 0. The van der Waals surface area contributed by atoms with Crippen LogP contribution in [0.2, 0.25) is 0 Å². The number of para-hydroxylation sites is 2. The molecule has 56 heavy (non-hydrogen) atoms. The Kier molecular flexibility index (Phi) is 6.52. The first-order valence-electron chi connectivity index (χ1n) is 19.1. The number of hydrogen-bond acceptors (Lipinski definition) is 3. The maximum atomic E-state index is 5.24. The Morgan fingerprint density at radius 3 is 1.43 bits per heavy atom. The van der Waals surface area contributed by atoms with Crippen molar-refractivity contribution >= 4 is 21.8 Å². The lowest BCUT2D eigenvalue weighted by molar-refractivity contribution is 0.794. The third-order valence-corrected chi connectivity index (χ3v) is 11.9. The Hall–Kier alpha value is -7.43. The predicted octanol–water partition coefficient (Wildman–Crippen LogP) is 12.3. The molecule has 0 unspecified atom stereocenters. The van der Waals surface area contributed by atoms with Crippen LogP contribution in [0.3, 0.4) is 0 Å². The molecule has 10 aromatic rings. The summed E-state index contributed by atoms with van der Waals surface area (Å²) in [5.74, 6) is 1.85. The predicted molar refractivity (Wildman–Crippen MR) is 227 cm³/mol. The van der Waals surface area contributed by atoms with Gasteiger partial charge in [0.05, 0.1) is 16.4 Å². The second kappa shape index (κ2) is 11.8. The van der Waals surface area contributed by atoms with Gasteiger partial charge < -0.3 is 0 Å². The summed E-state index contributed by atoms with van der Waals surface area (Å²) in [7, 11) is 0. The molecule has 0 atom stereocenters. The van der Waals surface area contributed by atoms with Crippen molar-refractivity contribution in [2.75, 3.05) is 0 Å². The molecule has 2 aromatic heterocycles. The van der Waals surface area contributed by atoms with Crippen molar-refractivity contribution in [2.45, 2.75) is 5.41 Å². The molecule has 0 saturated carbocycles. The SMILES string of the molecule is c1ccc(-c2nc(-c3ccccc3)nc(-n3c4ccccc4c4cccc(-c5ccc6c(c5)C5(c7ccccc7-c7ccccc75)c5ccccc5-6)c43)n2)cc1. The van der Waals surface area contributed by atoms with Gasteiger partial charge in [0.15, 0.2) is 11.6 Å². The summed E-state index contributed by atoms with van der Waals surface area (Å²) < 4.78 is 2.25. The van der Waals surface area contributed by atoms with Gasteiger partial charge in [-0.3, -0.25) is 4.57 Å². The fraction of sp³-hybridized carbons (Fsp3) is 0.0192. The van der Waals surface area contributed by atoms with Crippen LogP contribution in [0.5, 0.6) is 0 Å². The average molecular weight is 713 g/mol. The largest absolute Gasteiger partial charge is 0.277 e. The van der Waals surface area contributed by atoms with E-state index < -0.39 is 5.41 Å². The van der Waals surface area contributed by atoms with Gasteiger partial charge >= 0.3 is 0 Å². The summed E-state index contributed by atoms with van der Waals surface area (Å²) in [6, 6.07) is 69.7. The van der Waals surface area contributed by atoms with Crippen LogP contribution in [-0.2, 0) is 5.41 Å². The highest BCUT2D eigenvalue weighted by molar-refractivity contribution is 6.14. The number of aromatic nitrogens is 4. The zero-order valence-electron chi connectivity index (χ0n) is 30.3. The van der Waals surface area contributed by atoms with E-state index in [1.54, 1.807) is 0 Å². The zero-order chi connectivity index (χ0) is 36.8. The number of nitrogens with zero attached hydrogens (tertiary/aromatic N) is 4. The Bertz CT molecular complexity index is 3080. The maximum absolute atomic E-state index is 5.24. The van der Waals surface area contributed by atoms with Gasteiger partial charge in [0.25, 0.3) is 0 Å². The van der Waals surface area contributed by atoms with Gasteiger partial charge in [-0.1, -0.05) is 182 Å². The summed E-state index contributed by atoms with van der Waals surface area (Å²) in [6.45, 7) is 0. The topological polar surface area (TPSA) is 43.6 Å². The van der Waals surface area contributed by atoms with Gasteiger partial charge in [-0.25, -0.2) is 4.98 Å². The summed E-state index contributed by atoms with van der Waals surface area (Å²) in [4.78, 5) is 15.5. The number of benzene rings is 8. The smallest absolute Gasteiger partial charge is 0.238 e. The van der Waals surface area contributed by atoms with Crippen LogP contribution in [0, 0.1) is 0 Å². The van der Waals surface area contributed by atoms with E-state index in [0.717, 1.165) is 44.1 Å². The van der Waals surface area contributed by atoms with E-state index in [1.165, 1.54) is 44.5 Å². The van der Waals surface area contributed by atoms with E-state index in [9.17, 15) is 0 Å². The molecule has 2 aliphatic rings. The second-order valence-corrected chi connectivity index (χ2v) is 14.7. The van der Waals surface area contributed by atoms with Crippen LogP contribution in [0.15, 0.2) is 194 Å². The first-order valence-corrected chi connectivity index (χ1v) is 19.1. The summed E-state index contributed by atoms with van der Waals surface area (Å²) in [5.41, 5.74) is 16.3. The molecule has 1 spiro atoms. The highest BCUT2D eigenvalue weighted by Crippen LogP contribution is 2.63. The van der Waals surface area contributed by atoms with Crippen molar-refractivity contribution in [2.24, 2.45) is 0 Å². The molecule has 12 rings (SSSR count). The van der Waals surface area contributed by atoms with Crippen molar-refractivity contribution in [3.63, 3.8) is 0 Å². The van der Waals surface area contributed by atoms with Gasteiger partial charge in [0.1, 0.15) is 0 Å². The van der Waals surface area contributed by atoms with Crippen molar-refractivity contribution in [3.8, 4) is 62.1 Å². The summed E-state index contributed by atoms with van der Waals surface area (Å²) in [6.07, 6.45) is 0. The molecule has 4 nitrogen and oxygen atoms in total. The Morgan fingerprint density at radius 1 is 0.339 bits per heavy atom. The monoisotopic (exact) mass is 712 g/mol. The van der Waals surface area contributed by atoms with E-state index in [2.05, 4.69) is 162 Å². The quantitative estimate of drug-likeness (QED) is 0.182. The average Bonchev–Trinajstić information content (AvgIpc) is 3.89. The van der Waals surface area contributed by atoms with Crippen LogP contribution >= 0.6 is 0 Å². The van der Waals surface area contributed by atoms with E-state index in [-0.39, 0.29) is 0 Å². The van der Waals surface area contributed by atoms with Gasteiger partial charge in [-0.2, -0.15) is 9.97 Å². The molecule has 2 aliphatic carbocycles. The fourth-order valence-corrected chi connectivity index (χ4v) is 9.62. The van der Waals surface area contributed by atoms with Crippen molar-refractivity contribution < 1.29 is 0 Å². The normalized spacial score (nSPS) is 13.1. The Labute approximate surface area is 324 Å². The minimum Gasteiger partial charge on any atom is -0.277 e. The zero-order valence-corrected chi connectivity index (χ0v) is 30.3. The lowest BCUT2D eigenvalue weighted by Crippen LogP contribution is -2.25. The van der Waals surface area contributed by atoms with Crippen LogP contribution in [0.25, 0.3) is 83.9 Å². The molecule has 0 amide bonds. The fourth-order valence-electron chi connectivity index (χ4n) is 9.62. The molecular formula is C52H32N4. The summed E-state index contributed by atoms with van der Waals surface area (Å²) in [5, 5.41) is 2.30. The Morgan fingerprint density at radius 2 is 0.821 bits per heavy atom. The number of fused-ring (bicyclic) bond motifs is 13. The first kappa shape index (κ1) is 31.0. The van der Waals surface area contributed by atoms with E-state index in [0.29, 0.717) is 17.6 Å². The molecule has 8 aromatic carbocycles. The third-order valence-electron chi connectivity index (χ3n) is 11.9. The molecule has 0 aliphatic heterocycles. The van der Waals surface area contributed by atoms with Gasteiger partial charge in [0, 0.05) is 27.5 Å². The Balaban J connectivity index is 1.15. The van der Waals surface area contributed by atoms with Crippen LogP contribution in [-0.4, -0.2) is 19.5 Å². The molecule has 0 N–H and O–H groups in total. The van der Waals surface area contributed by atoms with Crippen molar-refractivity contribution in [1.82, 2.24) is 19.5 Å². The lowest BCUT2D eigenvalue weighted by atomic mass is 9.70. The van der Waals surface area contributed by atoms with Crippen LogP contribution in [0.4, 0.5) is 0 Å². The molecule has 0 fully saturated rings. The molecule has 2 heterocycles. The standard InChI is InChI=1S/C52H32N4/c1-3-16-33(17-4-1)49-53-50(34-18-5-2-6-19-34)55-51(54-49)56-47-29-14-10-23-41(47)42-25-15-24-36(48(42)56)35-30-31-40-39-22-9-13-28-45(39)52(46(40)32-35)43-26-11-7-20-37(43)38-21-8-12-27-44(38)52/h1-32H. The third kappa shape index (κ3) is 4.21. The van der Waals surface area contributed by atoms with Crippen LogP contribution < -0.4 is 0 Å². The molecule has 0 radical (unpaired) electrons. The van der Waals surface area contributed by atoms with E-state index in [1.807, 2.05) is 36.4 Å². The second-order valence-electron chi connectivity index (χ2n) is 14.7. The van der Waals surface area contributed by atoms with Gasteiger partial charge in [0.2, 0.25) is 5.95 Å². The van der Waals surface area contributed by atoms with E-state index in [4.69, 9.17) is 15.0 Å². The van der Waals surface area contributed by atoms with Crippen molar-refractivity contribution in [3.05, 3.63) is 216 Å². The molecule has 0 saturated heterocycles. The van der Waals surface area contributed by atoms with Gasteiger partial charge in [-0.15, -0.1) is 0 Å². The summed E-state index contributed by atoms with van der Waals surface area (Å²) >= 11 is 0. The highest BCUT2D eigenvalue weighted by atomic mass is 15.2. The molecule has 260 valence electrons. The maximum Gasteiger partial charge on any atom is 0.238 e. The minimum atomic E-state index is -0.431. The molecule has 4 heteroatoms. The lowest BCUT2D eigenvalue weighted by Gasteiger charge is -2.30. The minimum absolute atomic E-state index is 0.431. The number of rotatable bonds is 4. The van der Waals surface area contributed by atoms with E-state index >= 15 is 0 Å². The highest BCUT2D eigenvalue weighted by Gasteiger charge is 2.51. The first-order chi connectivity index (χ1) is 27.8. The van der Waals surface area contributed by atoms with Crippen molar-refractivity contribution in [1.29, 1.82) is 0 Å². The van der Waals surface area contributed by atoms with Crippen LogP contribution in [0.1, 0.15) is 22.3 Å².